The molecule has 3 heterocycles. The summed E-state index contributed by atoms with van der Waals surface area (Å²) in [6, 6.07) is 9.03. The average molecular weight is 410 g/mol. The zero-order chi connectivity index (χ0) is 19.8. The predicted octanol–water partition coefficient (Wildman–Crippen LogP) is 4.79. The quantitative estimate of drug-likeness (QED) is 0.657. The molecule has 1 aliphatic heterocycles. The summed E-state index contributed by atoms with van der Waals surface area (Å²) in [5.41, 5.74) is 2.69. The number of benzene rings is 1. The summed E-state index contributed by atoms with van der Waals surface area (Å²) in [6.07, 6.45) is 6.39. The number of aromatic nitrogens is 3. The second kappa shape index (κ2) is 7.80. The fourth-order valence-corrected chi connectivity index (χ4v) is 4.94. The van der Waals surface area contributed by atoms with Crippen LogP contribution in [0.25, 0.3) is 21.8 Å². The van der Waals surface area contributed by atoms with E-state index in [9.17, 15) is 4.39 Å². The highest BCUT2D eigenvalue weighted by molar-refractivity contribution is 7.15. The summed E-state index contributed by atoms with van der Waals surface area (Å²) in [5, 5.41) is 4.53. The largest absolute Gasteiger partial charge is 0.351 e. The number of hydrogen-bond donors (Lipinski definition) is 1. The normalized spacial score (nSPS) is 18.1. The second-order valence-corrected chi connectivity index (χ2v) is 9.03. The van der Waals surface area contributed by atoms with Gasteiger partial charge in [0.1, 0.15) is 5.82 Å². The van der Waals surface area contributed by atoms with Crippen LogP contribution in [0.5, 0.6) is 0 Å². The van der Waals surface area contributed by atoms with E-state index in [0.29, 0.717) is 17.9 Å². The van der Waals surface area contributed by atoms with Crippen LogP contribution in [0.4, 0.5) is 10.3 Å². The summed E-state index contributed by atoms with van der Waals surface area (Å²) in [4.78, 5) is 17.6. The lowest BCUT2D eigenvalue weighted by Gasteiger charge is -2.27. The van der Waals surface area contributed by atoms with Gasteiger partial charge in [0.05, 0.1) is 21.3 Å². The highest BCUT2D eigenvalue weighted by Crippen LogP contribution is 2.41. The van der Waals surface area contributed by atoms with E-state index in [1.54, 1.807) is 29.7 Å². The molecule has 1 aromatic carbocycles. The summed E-state index contributed by atoms with van der Waals surface area (Å²) in [5.74, 6) is 0.901. The van der Waals surface area contributed by atoms with E-state index in [4.69, 9.17) is 9.97 Å². The number of halogens is 1. The van der Waals surface area contributed by atoms with Crippen molar-refractivity contribution in [3.05, 3.63) is 47.4 Å². The van der Waals surface area contributed by atoms with Crippen LogP contribution < -0.4 is 5.32 Å². The van der Waals surface area contributed by atoms with Gasteiger partial charge >= 0.3 is 0 Å². The number of hydrogen-bond acceptors (Lipinski definition) is 6. The van der Waals surface area contributed by atoms with Gasteiger partial charge in [-0.15, -0.1) is 11.3 Å². The highest BCUT2D eigenvalue weighted by atomic mass is 32.1. The van der Waals surface area contributed by atoms with Crippen molar-refractivity contribution in [3.63, 3.8) is 0 Å². The van der Waals surface area contributed by atoms with Crippen LogP contribution in [-0.4, -0.2) is 46.0 Å². The minimum atomic E-state index is -0.237. The zero-order valence-corrected chi connectivity index (χ0v) is 17.3. The third kappa shape index (κ3) is 4.16. The lowest BCUT2D eigenvalue weighted by Crippen LogP contribution is -2.29. The molecule has 0 amide bonds. The molecule has 1 aliphatic carbocycles. The Kier molecular flexibility index (Phi) is 5.01. The number of rotatable bonds is 5. The van der Waals surface area contributed by atoms with E-state index in [1.165, 1.54) is 25.0 Å². The first-order chi connectivity index (χ1) is 14.2. The van der Waals surface area contributed by atoms with Crippen LogP contribution in [0.3, 0.4) is 0 Å². The molecule has 0 spiro atoms. The van der Waals surface area contributed by atoms with Crippen molar-refractivity contribution in [3.8, 4) is 21.8 Å². The van der Waals surface area contributed by atoms with Crippen molar-refractivity contribution >= 4 is 17.3 Å². The Hall–Kier alpha value is -2.38. The van der Waals surface area contributed by atoms with Gasteiger partial charge in [0, 0.05) is 23.7 Å². The van der Waals surface area contributed by atoms with E-state index in [0.717, 1.165) is 52.8 Å². The van der Waals surface area contributed by atoms with E-state index in [1.807, 2.05) is 6.07 Å². The molecular formula is C22H24FN5S. The molecular weight excluding hydrogens is 385 g/mol. The van der Waals surface area contributed by atoms with Gasteiger partial charge in [0.2, 0.25) is 5.95 Å². The molecule has 0 atom stereocenters. The molecule has 7 heteroatoms. The zero-order valence-electron chi connectivity index (χ0n) is 16.4. The molecule has 0 unspecified atom stereocenters. The third-order valence-electron chi connectivity index (χ3n) is 5.63. The molecule has 1 saturated carbocycles. The number of likely N-dealkylation sites (tertiary alicyclic amines) is 1. The maximum absolute atomic E-state index is 13.5. The van der Waals surface area contributed by atoms with Crippen LogP contribution in [0.15, 0.2) is 36.5 Å². The van der Waals surface area contributed by atoms with E-state index < -0.39 is 0 Å². The third-order valence-corrected chi connectivity index (χ3v) is 6.87. The van der Waals surface area contributed by atoms with Crippen LogP contribution in [0.1, 0.15) is 36.6 Å². The first kappa shape index (κ1) is 18.6. The Bertz CT molecular complexity index is 991. The smallest absolute Gasteiger partial charge is 0.223 e. The molecule has 3 aromatic rings. The molecule has 0 bridgehead atoms. The summed E-state index contributed by atoms with van der Waals surface area (Å²) in [7, 11) is 2.17. The molecule has 29 heavy (non-hydrogen) atoms. The Balaban J connectivity index is 1.54. The minimum absolute atomic E-state index is 0.237. The van der Waals surface area contributed by atoms with Gasteiger partial charge in [-0.2, -0.15) is 0 Å². The van der Waals surface area contributed by atoms with Gasteiger partial charge in [-0.25, -0.2) is 19.3 Å². The molecule has 2 aliphatic rings. The van der Waals surface area contributed by atoms with E-state index >= 15 is 0 Å². The minimum Gasteiger partial charge on any atom is -0.351 e. The molecule has 1 N–H and O–H groups in total. The molecule has 150 valence electrons. The number of anilines is 1. The van der Waals surface area contributed by atoms with E-state index in [2.05, 4.69) is 22.2 Å². The summed E-state index contributed by atoms with van der Waals surface area (Å²) in [6.45, 7) is 2.18. The fraction of sp³-hybridized carbons (Fsp3) is 0.409. The number of nitrogens with zero attached hydrogens (tertiary/aromatic N) is 4. The topological polar surface area (TPSA) is 53.9 Å². The highest BCUT2D eigenvalue weighted by Gasteiger charge is 2.26. The summed E-state index contributed by atoms with van der Waals surface area (Å²) < 4.78 is 13.5. The number of nitrogens with one attached hydrogen (secondary N) is 1. The lowest BCUT2D eigenvalue weighted by atomic mass is 9.98. The molecule has 5 nitrogen and oxygen atoms in total. The maximum Gasteiger partial charge on any atom is 0.223 e. The Morgan fingerprint density at radius 2 is 1.79 bits per heavy atom. The van der Waals surface area contributed by atoms with Crippen LogP contribution in [0.2, 0.25) is 0 Å². The van der Waals surface area contributed by atoms with Crippen molar-refractivity contribution in [2.75, 3.05) is 25.5 Å². The average Bonchev–Trinajstić information content (AvgIpc) is 3.44. The lowest BCUT2D eigenvalue weighted by molar-refractivity contribution is 0.255. The van der Waals surface area contributed by atoms with Gasteiger partial charge in [0.25, 0.3) is 0 Å². The first-order valence-corrected chi connectivity index (χ1v) is 11.0. The molecule has 2 fully saturated rings. The summed E-state index contributed by atoms with van der Waals surface area (Å²) >= 11 is 1.72. The van der Waals surface area contributed by atoms with Crippen LogP contribution in [-0.2, 0) is 0 Å². The number of piperidine rings is 1. The Labute approximate surface area is 174 Å². The molecule has 5 rings (SSSR count). The number of thiazole rings is 1. The van der Waals surface area contributed by atoms with Crippen molar-refractivity contribution in [1.29, 1.82) is 0 Å². The van der Waals surface area contributed by atoms with Crippen LogP contribution in [0, 0.1) is 5.82 Å². The van der Waals surface area contributed by atoms with Gasteiger partial charge in [-0.3, -0.25) is 0 Å². The second-order valence-electron chi connectivity index (χ2n) is 8.00. The first-order valence-electron chi connectivity index (χ1n) is 10.2. The van der Waals surface area contributed by atoms with Crippen LogP contribution >= 0.6 is 11.3 Å². The van der Waals surface area contributed by atoms with Crippen molar-refractivity contribution in [1.82, 2.24) is 19.9 Å². The molecule has 0 radical (unpaired) electrons. The Morgan fingerprint density at radius 1 is 1.03 bits per heavy atom. The van der Waals surface area contributed by atoms with Crippen molar-refractivity contribution in [2.24, 2.45) is 0 Å². The molecule has 1 saturated heterocycles. The standard InChI is InChI=1S/C22H24FN5S/c1-28-12-9-15(10-13-28)21-27-19(14-2-4-16(23)5-3-14)20(29-21)18-8-11-24-22(26-18)25-17-6-7-17/h2-5,8,11,15,17H,6-7,9-10,12-13H2,1H3,(H,24,25,26). The van der Waals surface area contributed by atoms with Crippen molar-refractivity contribution in [2.45, 2.75) is 37.6 Å². The van der Waals surface area contributed by atoms with Gasteiger partial charge in [-0.1, -0.05) is 0 Å². The monoisotopic (exact) mass is 409 g/mol. The van der Waals surface area contributed by atoms with Gasteiger partial charge in [-0.05, 0) is 76.2 Å². The maximum atomic E-state index is 13.5. The predicted molar refractivity (Wildman–Crippen MR) is 115 cm³/mol. The fourth-order valence-electron chi connectivity index (χ4n) is 3.71. The van der Waals surface area contributed by atoms with Gasteiger partial charge in [0.15, 0.2) is 0 Å². The molecule has 2 aromatic heterocycles. The van der Waals surface area contributed by atoms with Crippen molar-refractivity contribution < 1.29 is 4.39 Å². The Morgan fingerprint density at radius 3 is 2.52 bits per heavy atom. The van der Waals surface area contributed by atoms with E-state index in [-0.39, 0.29) is 5.82 Å². The van der Waals surface area contributed by atoms with Gasteiger partial charge < -0.3 is 10.2 Å². The SMILES string of the molecule is CN1CCC(c2nc(-c3ccc(F)cc3)c(-c3ccnc(NC4CC4)n3)s2)CC1.